The number of nitrogens with one attached hydrogen (secondary N) is 1. The SMILES string of the molecule is CC(C)NCc1sc2c(Br)cccc2c1C1CC1. The summed E-state index contributed by atoms with van der Waals surface area (Å²) in [6.07, 6.45) is 2.74. The second kappa shape index (κ2) is 4.95. The van der Waals surface area contributed by atoms with Crippen LogP contribution in [0, 0.1) is 0 Å². The van der Waals surface area contributed by atoms with E-state index in [9.17, 15) is 0 Å². The van der Waals surface area contributed by atoms with Crippen LogP contribution in [0.5, 0.6) is 0 Å². The van der Waals surface area contributed by atoms with Crippen LogP contribution in [-0.4, -0.2) is 6.04 Å². The van der Waals surface area contributed by atoms with Crippen molar-refractivity contribution in [1.82, 2.24) is 5.32 Å². The van der Waals surface area contributed by atoms with E-state index in [0.717, 1.165) is 12.5 Å². The van der Waals surface area contributed by atoms with E-state index in [1.165, 1.54) is 32.3 Å². The Morgan fingerprint density at radius 3 is 2.83 bits per heavy atom. The first kappa shape index (κ1) is 12.6. The maximum Gasteiger partial charge on any atom is 0.0491 e. The second-order valence-corrected chi connectivity index (χ2v) is 7.32. The first-order valence-corrected chi connectivity index (χ1v) is 8.21. The number of fused-ring (bicyclic) bond motifs is 1. The highest BCUT2D eigenvalue weighted by Gasteiger charge is 2.29. The predicted octanol–water partition coefficient (Wildman–Crippen LogP) is 5.04. The number of halogens is 1. The number of hydrogen-bond donors (Lipinski definition) is 1. The van der Waals surface area contributed by atoms with Gasteiger partial charge in [-0.05, 0) is 51.7 Å². The van der Waals surface area contributed by atoms with Gasteiger partial charge in [-0.15, -0.1) is 11.3 Å². The molecule has 1 aliphatic rings. The maximum atomic E-state index is 3.68. The van der Waals surface area contributed by atoms with Crippen molar-refractivity contribution in [1.29, 1.82) is 0 Å². The Morgan fingerprint density at radius 1 is 1.39 bits per heavy atom. The molecule has 3 heteroatoms. The molecule has 1 fully saturated rings. The summed E-state index contributed by atoms with van der Waals surface area (Å²) in [5.74, 6) is 0.817. The van der Waals surface area contributed by atoms with E-state index in [1.807, 2.05) is 11.3 Å². The molecule has 2 aromatic rings. The molecular formula is C15H18BrNS. The number of benzene rings is 1. The van der Waals surface area contributed by atoms with Crippen LogP contribution in [0.15, 0.2) is 22.7 Å². The number of rotatable bonds is 4. The lowest BCUT2D eigenvalue weighted by Gasteiger charge is -2.08. The molecular weight excluding hydrogens is 306 g/mol. The number of hydrogen-bond acceptors (Lipinski definition) is 2. The van der Waals surface area contributed by atoms with Gasteiger partial charge in [-0.1, -0.05) is 26.0 Å². The summed E-state index contributed by atoms with van der Waals surface area (Å²) in [7, 11) is 0. The molecule has 0 aliphatic heterocycles. The van der Waals surface area contributed by atoms with Gasteiger partial charge in [-0.3, -0.25) is 0 Å². The summed E-state index contributed by atoms with van der Waals surface area (Å²) in [5, 5.41) is 5.03. The van der Waals surface area contributed by atoms with Gasteiger partial charge in [-0.25, -0.2) is 0 Å². The predicted molar refractivity (Wildman–Crippen MR) is 83.5 cm³/mol. The molecule has 96 valence electrons. The summed E-state index contributed by atoms with van der Waals surface area (Å²) in [4.78, 5) is 1.54. The summed E-state index contributed by atoms with van der Waals surface area (Å²) < 4.78 is 2.66. The van der Waals surface area contributed by atoms with Crippen LogP contribution in [0.3, 0.4) is 0 Å². The lowest BCUT2D eigenvalue weighted by atomic mass is 10.1. The monoisotopic (exact) mass is 323 g/mol. The van der Waals surface area contributed by atoms with Crippen molar-refractivity contribution < 1.29 is 0 Å². The van der Waals surface area contributed by atoms with Crippen molar-refractivity contribution >= 4 is 37.4 Å². The van der Waals surface area contributed by atoms with Gasteiger partial charge in [0.1, 0.15) is 0 Å². The van der Waals surface area contributed by atoms with Gasteiger partial charge in [0.2, 0.25) is 0 Å². The fourth-order valence-corrected chi connectivity index (χ4v) is 4.25. The van der Waals surface area contributed by atoms with Crippen LogP contribution in [0.2, 0.25) is 0 Å². The fourth-order valence-electron chi connectivity index (χ4n) is 2.40. The maximum absolute atomic E-state index is 3.68. The van der Waals surface area contributed by atoms with Crippen molar-refractivity contribution in [2.24, 2.45) is 0 Å². The van der Waals surface area contributed by atoms with E-state index < -0.39 is 0 Å². The number of thiophene rings is 1. The smallest absolute Gasteiger partial charge is 0.0491 e. The van der Waals surface area contributed by atoms with Crippen LogP contribution in [0.25, 0.3) is 10.1 Å². The topological polar surface area (TPSA) is 12.0 Å². The zero-order chi connectivity index (χ0) is 12.7. The van der Waals surface area contributed by atoms with E-state index in [2.05, 4.69) is 53.3 Å². The highest BCUT2D eigenvalue weighted by Crippen LogP contribution is 2.49. The minimum Gasteiger partial charge on any atom is -0.310 e. The van der Waals surface area contributed by atoms with Crippen molar-refractivity contribution in [2.45, 2.75) is 45.2 Å². The standard InChI is InChI=1S/C15H18BrNS/c1-9(2)17-8-13-14(10-6-7-10)11-4-3-5-12(16)15(11)18-13/h3-5,9-10,17H,6-8H2,1-2H3. The van der Waals surface area contributed by atoms with Gasteiger partial charge in [0, 0.05) is 26.6 Å². The Hall–Kier alpha value is -0.380. The van der Waals surface area contributed by atoms with E-state index in [4.69, 9.17) is 0 Å². The van der Waals surface area contributed by atoms with Gasteiger partial charge >= 0.3 is 0 Å². The highest BCUT2D eigenvalue weighted by molar-refractivity contribution is 9.10. The molecule has 1 aliphatic carbocycles. The molecule has 1 heterocycles. The molecule has 0 spiro atoms. The Kier molecular flexibility index (Phi) is 3.48. The molecule has 0 saturated heterocycles. The average molecular weight is 324 g/mol. The van der Waals surface area contributed by atoms with Crippen molar-refractivity contribution in [3.63, 3.8) is 0 Å². The van der Waals surface area contributed by atoms with E-state index in [-0.39, 0.29) is 0 Å². The molecule has 1 aromatic heterocycles. The normalized spacial score (nSPS) is 15.8. The third-order valence-corrected chi connectivity index (χ3v) is 5.62. The molecule has 0 amide bonds. The Bertz CT molecular complexity index is 569. The van der Waals surface area contributed by atoms with Gasteiger partial charge in [-0.2, -0.15) is 0 Å². The Labute approximate surface area is 121 Å². The van der Waals surface area contributed by atoms with Crippen LogP contribution < -0.4 is 5.32 Å². The lowest BCUT2D eigenvalue weighted by Crippen LogP contribution is -2.21. The minimum absolute atomic E-state index is 0.547. The molecule has 1 saturated carbocycles. The van der Waals surface area contributed by atoms with Gasteiger partial charge in [0.15, 0.2) is 0 Å². The minimum atomic E-state index is 0.547. The lowest BCUT2D eigenvalue weighted by molar-refractivity contribution is 0.591. The van der Waals surface area contributed by atoms with Crippen molar-refractivity contribution in [3.05, 3.63) is 33.1 Å². The van der Waals surface area contributed by atoms with E-state index in [0.29, 0.717) is 6.04 Å². The summed E-state index contributed by atoms with van der Waals surface area (Å²) in [6.45, 7) is 5.43. The largest absolute Gasteiger partial charge is 0.310 e. The third kappa shape index (κ3) is 2.36. The summed E-state index contributed by atoms with van der Waals surface area (Å²) in [6, 6.07) is 7.13. The highest BCUT2D eigenvalue weighted by atomic mass is 79.9. The molecule has 0 unspecified atom stereocenters. The third-order valence-electron chi connectivity index (χ3n) is 3.44. The fraction of sp³-hybridized carbons (Fsp3) is 0.467. The van der Waals surface area contributed by atoms with Gasteiger partial charge in [0.05, 0.1) is 0 Å². The molecule has 18 heavy (non-hydrogen) atoms. The quantitative estimate of drug-likeness (QED) is 0.831. The first-order chi connectivity index (χ1) is 8.66. The van der Waals surface area contributed by atoms with E-state index in [1.54, 1.807) is 5.56 Å². The first-order valence-electron chi connectivity index (χ1n) is 6.60. The Morgan fingerprint density at radius 2 is 2.17 bits per heavy atom. The second-order valence-electron chi connectivity index (χ2n) is 5.37. The molecule has 0 radical (unpaired) electrons. The molecule has 0 bridgehead atoms. The molecule has 0 atom stereocenters. The zero-order valence-corrected chi connectivity index (χ0v) is 13.2. The van der Waals surface area contributed by atoms with Crippen LogP contribution in [0.4, 0.5) is 0 Å². The van der Waals surface area contributed by atoms with Crippen LogP contribution in [0.1, 0.15) is 43.0 Å². The molecule has 1 aromatic carbocycles. The Balaban J connectivity index is 2.06. The van der Waals surface area contributed by atoms with Crippen molar-refractivity contribution in [2.75, 3.05) is 0 Å². The summed E-state index contributed by atoms with van der Waals surface area (Å²) in [5.41, 5.74) is 1.62. The van der Waals surface area contributed by atoms with Gasteiger partial charge in [0.25, 0.3) is 0 Å². The summed E-state index contributed by atoms with van der Waals surface area (Å²) >= 11 is 5.64. The van der Waals surface area contributed by atoms with E-state index >= 15 is 0 Å². The average Bonchev–Trinajstić information content (AvgIpc) is 3.08. The molecule has 1 N–H and O–H groups in total. The van der Waals surface area contributed by atoms with Crippen LogP contribution in [-0.2, 0) is 6.54 Å². The van der Waals surface area contributed by atoms with Gasteiger partial charge < -0.3 is 5.32 Å². The van der Waals surface area contributed by atoms with Crippen molar-refractivity contribution in [3.8, 4) is 0 Å². The molecule has 1 nitrogen and oxygen atoms in total. The van der Waals surface area contributed by atoms with Crippen LogP contribution >= 0.6 is 27.3 Å². The molecule has 3 rings (SSSR count). The zero-order valence-electron chi connectivity index (χ0n) is 10.8.